The monoisotopic (exact) mass is 556 g/mol. The van der Waals surface area contributed by atoms with Crippen molar-refractivity contribution in [3.8, 4) is 5.75 Å². The van der Waals surface area contributed by atoms with Crippen LogP contribution in [-0.4, -0.2) is 18.2 Å². The summed E-state index contributed by atoms with van der Waals surface area (Å²) in [6, 6.07) is 21.7. The van der Waals surface area contributed by atoms with Gasteiger partial charge in [0.1, 0.15) is 12.4 Å². The van der Waals surface area contributed by atoms with Crippen LogP contribution < -0.4 is 4.74 Å². The maximum Gasteiger partial charge on any atom is 0.194 e. The van der Waals surface area contributed by atoms with Gasteiger partial charge in [0.25, 0.3) is 0 Å². The topological polar surface area (TPSA) is 43.4 Å². The van der Waals surface area contributed by atoms with Crippen LogP contribution in [0.4, 0.5) is 0 Å². The molecule has 4 rings (SSSR count). The van der Waals surface area contributed by atoms with Crippen molar-refractivity contribution < 1.29 is 14.3 Å². The van der Waals surface area contributed by atoms with Crippen LogP contribution in [0.25, 0.3) is 10.1 Å². The first-order chi connectivity index (χ1) is 14.9. The molecule has 0 spiro atoms. The molecule has 1 heterocycles. The van der Waals surface area contributed by atoms with Gasteiger partial charge in [-0.25, -0.2) is 0 Å². The number of fused-ring (bicyclic) bond motifs is 1. The number of rotatable bonds is 7. The summed E-state index contributed by atoms with van der Waals surface area (Å²) in [5.74, 6) is 0.392. The van der Waals surface area contributed by atoms with Crippen molar-refractivity contribution >= 4 is 64.8 Å². The Morgan fingerprint density at radius 1 is 0.935 bits per heavy atom. The predicted molar refractivity (Wildman–Crippen MR) is 133 cm³/mol. The summed E-state index contributed by atoms with van der Waals surface area (Å²) in [4.78, 5) is 26.0. The second-order valence-corrected chi connectivity index (χ2v) is 9.99. The second-order valence-electron chi connectivity index (χ2n) is 7.15. The quantitative estimate of drug-likeness (QED) is 0.225. The summed E-state index contributed by atoms with van der Waals surface area (Å²) in [5.41, 5.74) is 2.45. The van der Waals surface area contributed by atoms with Gasteiger partial charge < -0.3 is 4.74 Å². The molecule has 31 heavy (non-hydrogen) atoms. The van der Waals surface area contributed by atoms with Crippen molar-refractivity contribution in [2.24, 2.45) is 0 Å². The van der Waals surface area contributed by atoms with Gasteiger partial charge in [0.2, 0.25) is 0 Å². The molecule has 0 saturated carbocycles. The molecule has 3 aromatic carbocycles. The normalized spacial score (nSPS) is 10.9. The van der Waals surface area contributed by atoms with Crippen molar-refractivity contribution in [1.29, 1.82) is 0 Å². The Morgan fingerprint density at radius 3 is 2.26 bits per heavy atom. The SMILES string of the molecule is CC(=O)COc1c(Br)cc(C(=O)c2c(Cc3ccccc3)sc3ccccc23)cc1Br. The molecule has 0 aliphatic heterocycles. The van der Waals surface area contributed by atoms with Crippen molar-refractivity contribution in [2.45, 2.75) is 13.3 Å². The van der Waals surface area contributed by atoms with E-state index in [4.69, 9.17) is 4.74 Å². The third-order valence-corrected chi connectivity index (χ3v) is 7.13. The molecule has 4 aromatic rings. The highest BCUT2D eigenvalue weighted by atomic mass is 79.9. The molecule has 1 aromatic heterocycles. The molecule has 0 N–H and O–H groups in total. The summed E-state index contributed by atoms with van der Waals surface area (Å²) in [5, 5.41) is 0.965. The average molecular weight is 558 g/mol. The predicted octanol–water partition coefficient (Wildman–Crippen LogP) is 7.22. The number of thiophene rings is 1. The maximum atomic E-state index is 13.7. The first-order valence-electron chi connectivity index (χ1n) is 9.64. The van der Waals surface area contributed by atoms with Crippen LogP contribution in [0.3, 0.4) is 0 Å². The number of carbonyl (C=O) groups is 2. The standard InChI is InChI=1S/C25H18Br2O3S/c1-15(28)14-30-25-19(26)12-17(13-20(25)27)24(29)23-18-9-5-6-10-21(18)31-22(23)11-16-7-3-2-4-8-16/h2-10,12-13H,11,14H2,1H3. The van der Waals surface area contributed by atoms with Gasteiger partial charge in [-0.1, -0.05) is 48.5 Å². The first-order valence-corrected chi connectivity index (χ1v) is 12.0. The molecule has 0 unspecified atom stereocenters. The van der Waals surface area contributed by atoms with Crippen LogP contribution in [-0.2, 0) is 11.2 Å². The molecular formula is C25H18Br2O3S. The third kappa shape index (κ3) is 4.81. The van der Waals surface area contributed by atoms with E-state index in [0.29, 0.717) is 26.7 Å². The third-order valence-electron chi connectivity index (χ3n) is 4.78. The molecular weight excluding hydrogens is 540 g/mol. The zero-order valence-corrected chi connectivity index (χ0v) is 20.6. The Bertz CT molecular complexity index is 1260. The Labute approximate surface area is 201 Å². The van der Waals surface area contributed by atoms with Crippen LogP contribution in [0.15, 0.2) is 75.7 Å². The molecule has 0 bridgehead atoms. The molecule has 0 radical (unpaired) electrons. The summed E-state index contributed by atoms with van der Waals surface area (Å²) in [6.45, 7) is 1.44. The Balaban J connectivity index is 1.77. The molecule has 0 fully saturated rings. The fourth-order valence-electron chi connectivity index (χ4n) is 3.40. The minimum atomic E-state index is -0.0748. The van der Waals surface area contributed by atoms with E-state index in [1.54, 1.807) is 23.5 Å². The summed E-state index contributed by atoms with van der Waals surface area (Å²) in [7, 11) is 0. The van der Waals surface area contributed by atoms with Crippen molar-refractivity contribution in [2.75, 3.05) is 6.61 Å². The Hall–Kier alpha value is -2.28. The Kier molecular flexibility index (Phi) is 6.70. The van der Waals surface area contributed by atoms with Gasteiger partial charge in [-0.15, -0.1) is 11.3 Å². The number of carbonyl (C=O) groups excluding carboxylic acids is 2. The van der Waals surface area contributed by atoms with E-state index in [-0.39, 0.29) is 18.2 Å². The number of halogens is 2. The van der Waals surface area contributed by atoms with Gasteiger partial charge in [-0.2, -0.15) is 0 Å². The lowest BCUT2D eigenvalue weighted by Gasteiger charge is -2.11. The van der Waals surface area contributed by atoms with Gasteiger partial charge in [0, 0.05) is 32.5 Å². The molecule has 156 valence electrons. The molecule has 0 atom stereocenters. The van der Waals surface area contributed by atoms with Crippen LogP contribution in [0.2, 0.25) is 0 Å². The lowest BCUT2D eigenvalue weighted by Crippen LogP contribution is -2.09. The van der Waals surface area contributed by atoms with E-state index >= 15 is 0 Å². The van der Waals surface area contributed by atoms with E-state index in [0.717, 1.165) is 20.5 Å². The highest BCUT2D eigenvalue weighted by molar-refractivity contribution is 9.11. The second kappa shape index (κ2) is 9.47. The highest BCUT2D eigenvalue weighted by Gasteiger charge is 2.22. The highest BCUT2D eigenvalue weighted by Crippen LogP contribution is 2.38. The smallest absolute Gasteiger partial charge is 0.194 e. The van der Waals surface area contributed by atoms with Gasteiger partial charge in [0.05, 0.1) is 8.95 Å². The van der Waals surface area contributed by atoms with Gasteiger partial charge in [0.15, 0.2) is 11.6 Å². The number of benzene rings is 3. The van der Waals surface area contributed by atoms with E-state index < -0.39 is 0 Å². The molecule has 6 heteroatoms. The van der Waals surface area contributed by atoms with Gasteiger partial charge in [-0.05, 0) is 62.5 Å². The number of hydrogen-bond acceptors (Lipinski definition) is 4. The molecule has 0 saturated heterocycles. The van der Waals surface area contributed by atoms with E-state index in [1.165, 1.54) is 12.5 Å². The molecule has 0 aliphatic rings. The fourth-order valence-corrected chi connectivity index (χ4v) is 6.05. The minimum absolute atomic E-state index is 0.0269. The van der Waals surface area contributed by atoms with Crippen molar-refractivity contribution in [3.63, 3.8) is 0 Å². The fraction of sp³-hybridized carbons (Fsp3) is 0.120. The summed E-state index contributed by atoms with van der Waals surface area (Å²) in [6.07, 6.45) is 0.698. The largest absolute Gasteiger partial charge is 0.483 e. The maximum absolute atomic E-state index is 13.7. The van der Waals surface area contributed by atoms with Gasteiger partial charge in [-0.3, -0.25) is 9.59 Å². The molecule has 0 aliphatic carbocycles. The van der Waals surface area contributed by atoms with Crippen molar-refractivity contribution in [3.05, 3.63) is 97.2 Å². The van der Waals surface area contributed by atoms with E-state index in [9.17, 15) is 9.59 Å². The lowest BCUT2D eigenvalue weighted by molar-refractivity contribution is -0.118. The summed E-state index contributed by atoms with van der Waals surface area (Å²) >= 11 is 8.63. The van der Waals surface area contributed by atoms with Crippen molar-refractivity contribution in [1.82, 2.24) is 0 Å². The van der Waals surface area contributed by atoms with Crippen LogP contribution in [0, 0.1) is 0 Å². The zero-order valence-electron chi connectivity index (χ0n) is 16.7. The summed E-state index contributed by atoms with van der Waals surface area (Å²) < 4.78 is 7.91. The van der Waals surface area contributed by atoms with Crippen LogP contribution in [0.1, 0.15) is 33.3 Å². The average Bonchev–Trinajstić information content (AvgIpc) is 3.10. The van der Waals surface area contributed by atoms with Gasteiger partial charge >= 0.3 is 0 Å². The first kappa shape index (κ1) is 21.9. The number of ketones is 2. The molecule has 0 amide bonds. The number of Topliss-reactive ketones (excluding diaryl/α,β-unsaturated/α-hetero) is 1. The molecule has 3 nitrogen and oxygen atoms in total. The lowest BCUT2D eigenvalue weighted by atomic mass is 9.97. The van der Waals surface area contributed by atoms with Crippen LogP contribution >= 0.6 is 43.2 Å². The number of ether oxygens (including phenoxy) is 1. The van der Waals surface area contributed by atoms with E-state index in [2.05, 4.69) is 50.1 Å². The van der Waals surface area contributed by atoms with E-state index in [1.807, 2.05) is 36.4 Å². The Morgan fingerprint density at radius 2 is 1.58 bits per heavy atom. The zero-order chi connectivity index (χ0) is 22.0. The van der Waals surface area contributed by atoms with Crippen LogP contribution in [0.5, 0.6) is 5.75 Å². The number of hydrogen-bond donors (Lipinski definition) is 0. The minimum Gasteiger partial charge on any atom is -0.483 e.